The van der Waals surface area contributed by atoms with Crippen LogP contribution in [0.15, 0.2) is 24.3 Å². The van der Waals surface area contributed by atoms with Crippen molar-refractivity contribution in [1.82, 2.24) is 9.80 Å². The summed E-state index contributed by atoms with van der Waals surface area (Å²) in [6.45, 7) is 7.02. The van der Waals surface area contributed by atoms with E-state index in [1.165, 1.54) is 44.5 Å². The molecule has 0 bridgehead atoms. The third kappa shape index (κ3) is 6.43. The minimum Gasteiger partial charge on any atom is -0.399 e. The van der Waals surface area contributed by atoms with Gasteiger partial charge in [0.25, 0.3) is 0 Å². The monoisotopic (exact) mass is 333 g/mol. The minimum absolute atomic E-state index is 0. The molecule has 3 nitrogen and oxygen atoms in total. The van der Waals surface area contributed by atoms with E-state index in [1.807, 2.05) is 12.1 Å². The quantitative estimate of drug-likeness (QED) is 0.838. The van der Waals surface area contributed by atoms with E-state index in [2.05, 4.69) is 35.9 Å². The summed E-state index contributed by atoms with van der Waals surface area (Å²) in [6.07, 6.45) is 3.85. The molecule has 1 saturated heterocycles. The molecule has 1 aliphatic heterocycles. The Morgan fingerprint density at radius 2 is 1.90 bits per heavy atom. The third-order valence-electron chi connectivity index (χ3n) is 4.10. The summed E-state index contributed by atoms with van der Waals surface area (Å²) in [7, 11) is 2.24. The zero-order valence-corrected chi connectivity index (χ0v) is 14.8. The second-order valence-corrected chi connectivity index (χ2v) is 5.73. The molecule has 1 fully saturated rings. The van der Waals surface area contributed by atoms with Gasteiger partial charge in [0.15, 0.2) is 0 Å². The number of likely N-dealkylation sites (tertiary alicyclic amines) is 1. The van der Waals surface area contributed by atoms with Gasteiger partial charge in [-0.05, 0) is 63.6 Å². The van der Waals surface area contributed by atoms with Crippen LogP contribution in [-0.2, 0) is 6.54 Å². The standard InChI is InChI=1S/C16H27N3.2ClH/c1-3-9-19-10-7-16(8-11-19)18(2)13-14-5-4-6-15(17)12-14;;/h4-6,12,16H,3,7-11,13,17H2,1-2H3;2*1H. The van der Waals surface area contributed by atoms with Crippen molar-refractivity contribution in [2.45, 2.75) is 38.8 Å². The van der Waals surface area contributed by atoms with E-state index in [0.29, 0.717) is 0 Å². The molecule has 1 heterocycles. The first kappa shape index (κ1) is 20.5. The number of nitrogens with two attached hydrogens (primary N) is 1. The van der Waals surface area contributed by atoms with Crippen LogP contribution in [0, 0.1) is 0 Å². The van der Waals surface area contributed by atoms with Crippen molar-refractivity contribution in [2.24, 2.45) is 0 Å². The number of benzene rings is 1. The Bertz CT molecular complexity index is 393. The average molecular weight is 334 g/mol. The summed E-state index contributed by atoms with van der Waals surface area (Å²) in [4.78, 5) is 5.07. The molecule has 1 aliphatic rings. The van der Waals surface area contributed by atoms with Gasteiger partial charge in [-0.25, -0.2) is 0 Å². The van der Waals surface area contributed by atoms with Crippen LogP contribution in [-0.4, -0.2) is 42.5 Å². The molecular formula is C16H29Cl2N3. The Hall–Kier alpha value is -0.480. The molecule has 122 valence electrons. The Morgan fingerprint density at radius 3 is 2.48 bits per heavy atom. The molecule has 0 amide bonds. The fraction of sp³-hybridized carbons (Fsp3) is 0.625. The fourth-order valence-corrected chi connectivity index (χ4v) is 3.01. The van der Waals surface area contributed by atoms with Crippen LogP contribution in [0.25, 0.3) is 0 Å². The van der Waals surface area contributed by atoms with Gasteiger partial charge < -0.3 is 10.6 Å². The highest BCUT2D eigenvalue weighted by Gasteiger charge is 2.21. The lowest BCUT2D eigenvalue weighted by Crippen LogP contribution is -2.43. The minimum atomic E-state index is 0. The van der Waals surface area contributed by atoms with Crippen molar-refractivity contribution in [1.29, 1.82) is 0 Å². The molecule has 0 atom stereocenters. The summed E-state index contributed by atoms with van der Waals surface area (Å²) in [5.74, 6) is 0. The van der Waals surface area contributed by atoms with E-state index in [1.54, 1.807) is 0 Å². The van der Waals surface area contributed by atoms with Crippen molar-refractivity contribution < 1.29 is 0 Å². The Kier molecular flexibility index (Phi) is 10.0. The zero-order chi connectivity index (χ0) is 13.7. The molecule has 0 aromatic heterocycles. The summed E-state index contributed by atoms with van der Waals surface area (Å²) in [6, 6.07) is 8.96. The number of hydrogen-bond donors (Lipinski definition) is 1. The molecule has 2 N–H and O–H groups in total. The second-order valence-electron chi connectivity index (χ2n) is 5.73. The van der Waals surface area contributed by atoms with Crippen molar-refractivity contribution in [3.8, 4) is 0 Å². The molecule has 0 aliphatic carbocycles. The predicted molar refractivity (Wildman–Crippen MR) is 96.6 cm³/mol. The number of nitrogens with zero attached hydrogens (tertiary/aromatic N) is 2. The Morgan fingerprint density at radius 1 is 1.24 bits per heavy atom. The van der Waals surface area contributed by atoms with E-state index in [-0.39, 0.29) is 24.8 Å². The van der Waals surface area contributed by atoms with E-state index in [0.717, 1.165) is 18.3 Å². The van der Waals surface area contributed by atoms with Crippen LogP contribution in [0.3, 0.4) is 0 Å². The van der Waals surface area contributed by atoms with Gasteiger partial charge in [-0.3, -0.25) is 4.90 Å². The SMILES string of the molecule is CCCN1CCC(N(C)Cc2cccc(N)c2)CC1.Cl.Cl. The zero-order valence-electron chi connectivity index (χ0n) is 13.1. The molecule has 0 unspecified atom stereocenters. The molecule has 1 aromatic carbocycles. The number of piperidine rings is 1. The first-order chi connectivity index (χ1) is 9.19. The lowest BCUT2D eigenvalue weighted by Gasteiger charge is -2.36. The van der Waals surface area contributed by atoms with Gasteiger partial charge in [-0.1, -0.05) is 19.1 Å². The average Bonchev–Trinajstić information content (AvgIpc) is 2.40. The molecule has 1 aromatic rings. The topological polar surface area (TPSA) is 32.5 Å². The van der Waals surface area contributed by atoms with Crippen LogP contribution < -0.4 is 5.73 Å². The van der Waals surface area contributed by atoms with Crippen molar-refractivity contribution in [3.63, 3.8) is 0 Å². The van der Waals surface area contributed by atoms with Crippen molar-refractivity contribution in [3.05, 3.63) is 29.8 Å². The van der Waals surface area contributed by atoms with Gasteiger partial charge >= 0.3 is 0 Å². The lowest BCUT2D eigenvalue weighted by atomic mass is 10.0. The smallest absolute Gasteiger partial charge is 0.0317 e. The van der Waals surface area contributed by atoms with E-state index in [4.69, 9.17) is 5.73 Å². The summed E-state index contributed by atoms with van der Waals surface area (Å²) in [5.41, 5.74) is 8.02. The molecule has 21 heavy (non-hydrogen) atoms. The maximum atomic E-state index is 5.84. The predicted octanol–water partition coefficient (Wildman–Crippen LogP) is 3.42. The molecule has 0 saturated carbocycles. The Labute approximate surface area is 141 Å². The second kappa shape index (κ2) is 10.3. The van der Waals surface area contributed by atoms with Gasteiger partial charge in [-0.2, -0.15) is 0 Å². The third-order valence-corrected chi connectivity index (χ3v) is 4.10. The van der Waals surface area contributed by atoms with Crippen LogP contribution >= 0.6 is 24.8 Å². The number of nitrogen functional groups attached to an aromatic ring is 1. The molecule has 0 radical (unpaired) electrons. The van der Waals surface area contributed by atoms with Crippen LogP contribution in [0.5, 0.6) is 0 Å². The van der Waals surface area contributed by atoms with Crippen LogP contribution in [0.1, 0.15) is 31.7 Å². The number of hydrogen-bond acceptors (Lipinski definition) is 3. The molecular weight excluding hydrogens is 305 g/mol. The fourth-order valence-electron chi connectivity index (χ4n) is 3.01. The van der Waals surface area contributed by atoms with E-state index >= 15 is 0 Å². The van der Waals surface area contributed by atoms with Crippen LogP contribution in [0.2, 0.25) is 0 Å². The summed E-state index contributed by atoms with van der Waals surface area (Å²) >= 11 is 0. The lowest BCUT2D eigenvalue weighted by molar-refractivity contribution is 0.123. The summed E-state index contributed by atoms with van der Waals surface area (Å²) in [5, 5.41) is 0. The van der Waals surface area contributed by atoms with Gasteiger partial charge in [0.05, 0.1) is 0 Å². The summed E-state index contributed by atoms with van der Waals surface area (Å²) < 4.78 is 0. The maximum Gasteiger partial charge on any atom is 0.0317 e. The molecule has 5 heteroatoms. The van der Waals surface area contributed by atoms with Gasteiger partial charge in [0, 0.05) is 18.3 Å². The largest absolute Gasteiger partial charge is 0.399 e. The van der Waals surface area contributed by atoms with Crippen molar-refractivity contribution in [2.75, 3.05) is 32.4 Å². The highest BCUT2D eigenvalue weighted by atomic mass is 35.5. The van der Waals surface area contributed by atoms with Crippen LogP contribution in [0.4, 0.5) is 5.69 Å². The number of rotatable bonds is 5. The number of anilines is 1. The van der Waals surface area contributed by atoms with Gasteiger partial charge in [0.2, 0.25) is 0 Å². The first-order valence-corrected chi connectivity index (χ1v) is 7.46. The molecule has 0 spiro atoms. The number of halogens is 2. The highest BCUT2D eigenvalue weighted by molar-refractivity contribution is 5.85. The normalized spacial score (nSPS) is 16.3. The Balaban J connectivity index is 0.00000200. The van der Waals surface area contributed by atoms with Gasteiger partial charge in [-0.15, -0.1) is 24.8 Å². The maximum absolute atomic E-state index is 5.84. The highest BCUT2D eigenvalue weighted by Crippen LogP contribution is 2.18. The van der Waals surface area contributed by atoms with E-state index < -0.39 is 0 Å². The van der Waals surface area contributed by atoms with Gasteiger partial charge in [0.1, 0.15) is 0 Å². The first-order valence-electron chi connectivity index (χ1n) is 7.46. The van der Waals surface area contributed by atoms with E-state index in [9.17, 15) is 0 Å². The molecule has 2 rings (SSSR count). The van der Waals surface area contributed by atoms with Crippen molar-refractivity contribution >= 4 is 30.5 Å².